The molecule has 4 heteroatoms. The van der Waals surface area contributed by atoms with Crippen molar-refractivity contribution >= 4 is 5.97 Å². The van der Waals surface area contributed by atoms with Crippen LogP contribution in [0.4, 0.5) is 0 Å². The number of carboxylic acid groups (broad SMARTS) is 1. The zero-order chi connectivity index (χ0) is 13.0. The molecular formula is C13H19NO3. The summed E-state index contributed by atoms with van der Waals surface area (Å²) in [6.07, 6.45) is 0.404. The van der Waals surface area contributed by atoms with Crippen molar-refractivity contribution in [2.24, 2.45) is 0 Å². The van der Waals surface area contributed by atoms with Crippen molar-refractivity contribution in [1.82, 2.24) is 4.90 Å². The van der Waals surface area contributed by atoms with Gasteiger partial charge in [-0.05, 0) is 33.0 Å². The fourth-order valence-electron chi connectivity index (χ4n) is 1.83. The van der Waals surface area contributed by atoms with Crippen LogP contribution in [0.15, 0.2) is 12.1 Å². The summed E-state index contributed by atoms with van der Waals surface area (Å²) < 4.78 is 0. The summed E-state index contributed by atoms with van der Waals surface area (Å²) >= 11 is 0. The molecule has 0 spiro atoms. The molecule has 0 atom stereocenters. The van der Waals surface area contributed by atoms with Gasteiger partial charge in [0.15, 0.2) is 0 Å². The van der Waals surface area contributed by atoms with E-state index in [9.17, 15) is 9.90 Å². The molecule has 4 nitrogen and oxygen atoms in total. The van der Waals surface area contributed by atoms with E-state index in [1.807, 2.05) is 38.1 Å². The smallest absolute Gasteiger partial charge is 0.303 e. The van der Waals surface area contributed by atoms with E-state index in [0.717, 1.165) is 11.1 Å². The molecule has 2 N–H and O–H groups in total. The molecule has 17 heavy (non-hydrogen) atoms. The highest BCUT2D eigenvalue weighted by Gasteiger charge is 2.10. The third-order valence-electron chi connectivity index (χ3n) is 2.51. The van der Waals surface area contributed by atoms with E-state index in [1.165, 1.54) is 0 Å². The average Bonchev–Trinajstić information content (AvgIpc) is 2.19. The third kappa shape index (κ3) is 4.07. The number of rotatable bonds is 5. The molecule has 0 saturated carbocycles. The molecule has 0 fully saturated rings. The van der Waals surface area contributed by atoms with Crippen LogP contribution in [0, 0.1) is 6.92 Å². The zero-order valence-electron chi connectivity index (χ0n) is 10.5. The number of nitrogens with zero attached hydrogens (tertiary/aromatic N) is 1. The number of aryl methyl sites for hydroxylation is 2. The average molecular weight is 237 g/mol. The highest BCUT2D eigenvalue weighted by atomic mass is 16.4. The normalized spacial score (nSPS) is 10.8. The van der Waals surface area contributed by atoms with Crippen LogP contribution in [-0.4, -0.2) is 35.2 Å². The lowest BCUT2D eigenvalue weighted by atomic mass is 10.0. The largest absolute Gasteiger partial charge is 0.507 e. The number of phenols is 1. The number of hydrogen-bond acceptors (Lipinski definition) is 3. The minimum absolute atomic E-state index is 0.0401. The first kappa shape index (κ1) is 13.5. The molecule has 1 aromatic carbocycles. The molecule has 0 aromatic heterocycles. The van der Waals surface area contributed by atoms with Gasteiger partial charge in [-0.2, -0.15) is 0 Å². The summed E-state index contributed by atoms with van der Waals surface area (Å²) in [5.41, 5.74) is 2.60. The highest BCUT2D eigenvalue weighted by Crippen LogP contribution is 2.26. The van der Waals surface area contributed by atoms with Crippen molar-refractivity contribution in [3.05, 3.63) is 28.8 Å². The molecule has 1 rings (SSSR count). The van der Waals surface area contributed by atoms with Gasteiger partial charge in [-0.15, -0.1) is 0 Å². The van der Waals surface area contributed by atoms with Gasteiger partial charge in [-0.25, -0.2) is 0 Å². The quantitative estimate of drug-likeness (QED) is 0.819. The van der Waals surface area contributed by atoms with Crippen LogP contribution in [0.2, 0.25) is 0 Å². The Bertz CT molecular complexity index is 413. The number of carbonyl (C=O) groups is 1. The first-order chi connectivity index (χ1) is 7.90. The van der Waals surface area contributed by atoms with Crippen LogP contribution in [0.25, 0.3) is 0 Å². The summed E-state index contributed by atoms with van der Waals surface area (Å²) in [5.74, 6) is -0.620. The van der Waals surface area contributed by atoms with Crippen LogP contribution in [0.5, 0.6) is 5.75 Å². The Labute approximate surface area is 101 Å². The van der Waals surface area contributed by atoms with Gasteiger partial charge in [-0.1, -0.05) is 17.7 Å². The lowest BCUT2D eigenvalue weighted by molar-refractivity contribution is -0.136. The first-order valence-corrected chi connectivity index (χ1v) is 5.58. The Morgan fingerprint density at radius 1 is 1.29 bits per heavy atom. The summed E-state index contributed by atoms with van der Waals surface area (Å²) in [4.78, 5) is 12.5. The van der Waals surface area contributed by atoms with Crippen LogP contribution in [0.1, 0.15) is 23.1 Å². The molecule has 0 heterocycles. The second kappa shape index (κ2) is 5.68. The Hall–Kier alpha value is -1.55. The van der Waals surface area contributed by atoms with Gasteiger partial charge in [0.25, 0.3) is 0 Å². The molecule has 0 aliphatic rings. The van der Waals surface area contributed by atoms with Crippen molar-refractivity contribution in [2.75, 3.05) is 14.1 Å². The number of hydrogen-bond donors (Lipinski definition) is 2. The lowest BCUT2D eigenvalue weighted by Crippen LogP contribution is -2.11. The Balaban J connectivity index is 2.96. The fraction of sp³-hybridized carbons (Fsp3) is 0.462. The van der Waals surface area contributed by atoms with Crippen molar-refractivity contribution in [1.29, 1.82) is 0 Å². The predicted octanol–water partition coefficient (Wildman–Crippen LogP) is 1.78. The van der Waals surface area contributed by atoms with Crippen molar-refractivity contribution in [2.45, 2.75) is 26.3 Å². The van der Waals surface area contributed by atoms with Gasteiger partial charge in [0.1, 0.15) is 5.75 Å². The van der Waals surface area contributed by atoms with Crippen molar-refractivity contribution < 1.29 is 15.0 Å². The Kier molecular flexibility index (Phi) is 4.52. The van der Waals surface area contributed by atoms with E-state index in [4.69, 9.17) is 5.11 Å². The lowest BCUT2D eigenvalue weighted by Gasteiger charge is -2.14. The van der Waals surface area contributed by atoms with Gasteiger partial charge in [0, 0.05) is 18.5 Å². The number of aromatic hydroxyl groups is 1. The number of phenolic OH excluding ortho intramolecular Hbond substituents is 1. The number of benzene rings is 1. The fourth-order valence-corrected chi connectivity index (χ4v) is 1.83. The van der Waals surface area contributed by atoms with Gasteiger partial charge in [0.05, 0.1) is 0 Å². The maximum atomic E-state index is 10.5. The first-order valence-electron chi connectivity index (χ1n) is 5.58. The highest BCUT2D eigenvalue weighted by molar-refractivity contribution is 5.67. The van der Waals surface area contributed by atoms with E-state index < -0.39 is 5.97 Å². The van der Waals surface area contributed by atoms with Crippen LogP contribution in [-0.2, 0) is 17.8 Å². The Morgan fingerprint density at radius 3 is 2.41 bits per heavy atom. The zero-order valence-corrected chi connectivity index (χ0v) is 10.5. The van der Waals surface area contributed by atoms with E-state index in [1.54, 1.807) is 0 Å². The van der Waals surface area contributed by atoms with Gasteiger partial charge in [0.2, 0.25) is 0 Å². The molecular weight excluding hydrogens is 218 g/mol. The second-order valence-electron chi connectivity index (χ2n) is 4.56. The summed E-state index contributed by atoms with van der Waals surface area (Å²) in [6, 6.07) is 3.77. The van der Waals surface area contributed by atoms with Crippen LogP contribution in [0.3, 0.4) is 0 Å². The number of aliphatic carboxylic acids is 1. The molecule has 0 saturated heterocycles. The maximum Gasteiger partial charge on any atom is 0.303 e. The van der Waals surface area contributed by atoms with Gasteiger partial charge < -0.3 is 15.1 Å². The summed E-state index contributed by atoms with van der Waals surface area (Å²) in [5, 5.41) is 18.7. The minimum atomic E-state index is -0.847. The van der Waals surface area contributed by atoms with Crippen LogP contribution >= 0.6 is 0 Å². The molecule has 0 bridgehead atoms. The van der Waals surface area contributed by atoms with E-state index >= 15 is 0 Å². The van der Waals surface area contributed by atoms with Crippen LogP contribution < -0.4 is 0 Å². The SMILES string of the molecule is Cc1cc(CCC(=O)O)c(O)c(CN(C)C)c1. The Morgan fingerprint density at radius 2 is 1.88 bits per heavy atom. The predicted molar refractivity (Wildman–Crippen MR) is 66.2 cm³/mol. The van der Waals surface area contributed by atoms with E-state index in [0.29, 0.717) is 18.5 Å². The standard InChI is InChI=1S/C13H19NO3/c1-9-6-10(4-5-12(15)16)13(17)11(7-9)8-14(2)3/h6-7,17H,4-5,8H2,1-3H3,(H,15,16). The molecule has 94 valence electrons. The monoisotopic (exact) mass is 237 g/mol. The minimum Gasteiger partial charge on any atom is -0.507 e. The number of carboxylic acids is 1. The van der Waals surface area contributed by atoms with Crippen molar-refractivity contribution in [3.63, 3.8) is 0 Å². The second-order valence-corrected chi connectivity index (χ2v) is 4.56. The molecule has 0 unspecified atom stereocenters. The van der Waals surface area contributed by atoms with E-state index in [-0.39, 0.29) is 12.2 Å². The third-order valence-corrected chi connectivity index (χ3v) is 2.51. The van der Waals surface area contributed by atoms with Gasteiger partial charge >= 0.3 is 5.97 Å². The maximum absolute atomic E-state index is 10.5. The molecule has 1 aromatic rings. The summed E-state index contributed by atoms with van der Waals surface area (Å²) in [7, 11) is 3.86. The summed E-state index contributed by atoms with van der Waals surface area (Å²) in [6.45, 7) is 2.59. The van der Waals surface area contributed by atoms with Crippen molar-refractivity contribution in [3.8, 4) is 5.75 Å². The molecule has 0 aliphatic heterocycles. The molecule has 0 aliphatic carbocycles. The molecule has 0 amide bonds. The molecule has 0 radical (unpaired) electrons. The topological polar surface area (TPSA) is 60.8 Å². The van der Waals surface area contributed by atoms with E-state index in [2.05, 4.69) is 0 Å². The van der Waals surface area contributed by atoms with Gasteiger partial charge in [-0.3, -0.25) is 4.79 Å².